The molecule has 0 aromatic heterocycles. The molecule has 1 fully saturated rings. The molecule has 5 nitrogen and oxygen atoms in total. The van der Waals surface area contributed by atoms with Crippen molar-refractivity contribution in [3.05, 3.63) is 0 Å². The molecular formula is C16H27N3O2. The summed E-state index contributed by atoms with van der Waals surface area (Å²) in [5, 5.41) is 15.0. The molecule has 0 heterocycles. The van der Waals surface area contributed by atoms with E-state index < -0.39 is 11.5 Å². The fraction of sp³-hybridized carbons (Fsp3) is 0.812. The van der Waals surface area contributed by atoms with Gasteiger partial charge in [-0.05, 0) is 25.7 Å². The van der Waals surface area contributed by atoms with Crippen LogP contribution in [0, 0.1) is 22.7 Å². The monoisotopic (exact) mass is 293 g/mol. The zero-order valence-corrected chi connectivity index (χ0v) is 13.4. The molecule has 2 amide bonds. The molecule has 0 aromatic rings. The van der Waals surface area contributed by atoms with Crippen LogP contribution in [0.4, 0.5) is 0 Å². The van der Waals surface area contributed by atoms with Crippen molar-refractivity contribution in [2.45, 2.75) is 65.3 Å². The summed E-state index contributed by atoms with van der Waals surface area (Å²) < 4.78 is 0. The second-order valence-corrected chi connectivity index (χ2v) is 6.44. The number of nitrogens with zero attached hydrogens (tertiary/aromatic N) is 1. The van der Waals surface area contributed by atoms with E-state index in [1.807, 2.05) is 13.8 Å². The molecule has 0 aromatic carbocycles. The zero-order chi connectivity index (χ0) is 15.9. The van der Waals surface area contributed by atoms with E-state index in [0.29, 0.717) is 25.3 Å². The van der Waals surface area contributed by atoms with E-state index in [4.69, 9.17) is 0 Å². The molecule has 1 aliphatic rings. The predicted octanol–water partition coefficient (Wildman–Crippen LogP) is 2.13. The smallest absolute Gasteiger partial charge is 0.242 e. The van der Waals surface area contributed by atoms with Gasteiger partial charge in [0.15, 0.2) is 0 Å². The molecule has 1 unspecified atom stereocenters. The van der Waals surface area contributed by atoms with Gasteiger partial charge in [0.25, 0.3) is 0 Å². The van der Waals surface area contributed by atoms with Gasteiger partial charge in [0.1, 0.15) is 11.5 Å². The molecule has 1 rings (SSSR count). The summed E-state index contributed by atoms with van der Waals surface area (Å²) in [6.07, 6.45) is 5.12. The molecule has 118 valence electrons. The Balaban J connectivity index is 2.61. The van der Waals surface area contributed by atoms with Gasteiger partial charge in [-0.15, -0.1) is 0 Å². The van der Waals surface area contributed by atoms with Crippen LogP contribution in [-0.4, -0.2) is 24.4 Å². The van der Waals surface area contributed by atoms with Crippen LogP contribution in [0.2, 0.25) is 0 Å². The first-order valence-electron chi connectivity index (χ1n) is 7.91. The number of carbonyl (C=O) groups is 2. The van der Waals surface area contributed by atoms with Crippen LogP contribution in [0.25, 0.3) is 0 Å². The fourth-order valence-corrected chi connectivity index (χ4v) is 2.58. The Labute approximate surface area is 127 Å². The molecule has 1 aliphatic carbocycles. The SMILES string of the molecule is CC(C)CNC(=O)C(C)NC(=O)C1(C#N)CCCCCC1. The Hall–Kier alpha value is -1.57. The maximum atomic E-state index is 12.4. The lowest BCUT2D eigenvalue weighted by Gasteiger charge is -2.25. The van der Waals surface area contributed by atoms with Crippen molar-refractivity contribution in [1.29, 1.82) is 5.26 Å². The van der Waals surface area contributed by atoms with Gasteiger partial charge in [0.2, 0.25) is 11.8 Å². The number of amides is 2. The Morgan fingerprint density at radius 2 is 1.71 bits per heavy atom. The standard InChI is InChI=1S/C16H27N3O2/c1-12(2)10-18-14(20)13(3)19-15(21)16(11-17)8-6-4-5-7-9-16/h12-13H,4-10H2,1-3H3,(H,18,20)(H,19,21). The summed E-state index contributed by atoms with van der Waals surface area (Å²) in [6.45, 7) is 6.28. The third kappa shape index (κ3) is 5.04. The highest BCUT2D eigenvalue weighted by atomic mass is 16.2. The van der Waals surface area contributed by atoms with Crippen LogP contribution in [0.15, 0.2) is 0 Å². The highest BCUT2D eigenvalue weighted by Crippen LogP contribution is 2.34. The van der Waals surface area contributed by atoms with E-state index in [2.05, 4.69) is 16.7 Å². The molecule has 21 heavy (non-hydrogen) atoms. The average Bonchev–Trinajstić information content (AvgIpc) is 2.70. The van der Waals surface area contributed by atoms with Crippen LogP contribution in [-0.2, 0) is 9.59 Å². The highest BCUT2D eigenvalue weighted by molar-refractivity contribution is 5.91. The van der Waals surface area contributed by atoms with E-state index in [0.717, 1.165) is 25.7 Å². The van der Waals surface area contributed by atoms with Crippen molar-refractivity contribution in [3.63, 3.8) is 0 Å². The summed E-state index contributed by atoms with van der Waals surface area (Å²) in [6, 6.07) is 1.60. The van der Waals surface area contributed by atoms with Crippen LogP contribution < -0.4 is 10.6 Å². The topological polar surface area (TPSA) is 82.0 Å². The lowest BCUT2D eigenvalue weighted by molar-refractivity contribution is -0.133. The number of rotatable bonds is 5. The Morgan fingerprint density at radius 3 is 2.19 bits per heavy atom. The Kier molecular flexibility index (Phi) is 6.67. The molecule has 5 heteroatoms. The van der Waals surface area contributed by atoms with Gasteiger partial charge in [0, 0.05) is 6.54 Å². The van der Waals surface area contributed by atoms with Crippen LogP contribution in [0.3, 0.4) is 0 Å². The Morgan fingerprint density at radius 1 is 1.14 bits per heavy atom. The van der Waals surface area contributed by atoms with Gasteiger partial charge in [0.05, 0.1) is 6.07 Å². The minimum Gasteiger partial charge on any atom is -0.354 e. The summed E-state index contributed by atoms with van der Waals surface area (Å²) in [7, 11) is 0. The third-order valence-electron chi connectivity index (χ3n) is 4.03. The van der Waals surface area contributed by atoms with Gasteiger partial charge in [-0.1, -0.05) is 39.5 Å². The van der Waals surface area contributed by atoms with Gasteiger partial charge >= 0.3 is 0 Å². The van der Waals surface area contributed by atoms with E-state index in [9.17, 15) is 14.9 Å². The molecule has 0 spiro atoms. The number of hydrogen-bond donors (Lipinski definition) is 2. The van der Waals surface area contributed by atoms with Crippen molar-refractivity contribution >= 4 is 11.8 Å². The van der Waals surface area contributed by atoms with Crippen molar-refractivity contribution < 1.29 is 9.59 Å². The quantitative estimate of drug-likeness (QED) is 0.762. The van der Waals surface area contributed by atoms with Crippen LogP contribution >= 0.6 is 0 Å². The lowest BCUT2D eigenvalue weighted by atomic mass is 9.81. The highest BCUT2D eigenvalue weighted by Gasteiger charge is 2.39. The molecule has 1 atom stereocenters. The molecular weight excluding hydrogens is 266 g/mol. The zero-order valence-electron chi connectivity index (χ0n) is 13.4. The Bertz CT molecular complexity index is 404. The first kappa shape index (κ1) is 17.5. The molecule has 2 N–H and O–H groups in total. The summed E-state index contributed by atoms with van der Waals surface area (Å²) in [5.41, 5.74) is -0.955. The first-order valence-corrected chi connectivity index (χ1v) is 7.91. The van der Waals surface area contributed by atoms with Crippen molar-refractivity contribution in [2.24, 2.45) is 11.3 Å². The third-order valence-corrected chi connectivity index (χ3v) is 4.03. The fourth-order valence-electron chi connectivity index (χ4n) is 2.58. The summed E-state index contributed by atoms with van der Waals surface area (Å²) >= 11 is 0. The number of nitrogens with one attached hydrogen (secondary N) is 2. The second kappa shape index (κ2) is 8.02. The molecule has 0 radical (unpaired) electrons. The average molecular weight is 293 g/mol. The number of hydrogen-bond acceptors (Lipinski definition) is 3. The molecule has 0 bridgehead atoms. The maximum Gasteiger partial charge on any atom is 0.242 e. The van der Waals surface area contributed by atoms with Crippen molar-refractivity contribution in [2.75, 3.05) is 6.54 Å². The van der Waals surface area contributed by atoms with Gasteiger partial charge < -0.3 is 10.6 Å². The van der Waals surface area contributed by atoms with Gasteiger partial charge in [-0.25, -0.2) is 0 Å². The number of carbonyl (C=O) groups excluding carboxylic acids is 2. The van der Waals surface area contributed by atoms with Crippen LogP contribution in [0.1, 0.15) is 59.3 Å². The minimum absolute atomic E-state index is 0.196. The van der Waals surface area contributed by atoms with Gasteiger partial charge in [-0.2, -0.15) is 5.26 Å². The number of nitriles is 1. The predicted molar refractivity (Wildman–Crippen MR) is 81.2 cm³/mol. The minimum atomic E-state index is -0.955. The normalized spacial score (nSPS) is 19.2. The largest absolute Gasteiger partial charge is 0.354 e. The van der Waals surface area contributed by atoms with Crippen molar-refractivity contribution in [1.82, 2.24) is 10.6 Å². The van der Waals surface area contributed by atoms with E-state index in [-0.39, 0.29) is 11.8 Å². The summed E-state index contributed by atoms with van der Waals surface area (Å²) in [4.78, 5) is 24.4. The van der Waals surface area contributed by atoms with Crippen LogP contribution in [0.5, 0.6) is 0 Å². The second-order valence-electron chi connectivity index (χ2n) is 6.44. The first-order chi connectivity index (χ1) is 9.91. The maximum absolute atomic E-state index is 12.4. The van der Waals surface area contributed by atoms with Crippen molar-refractivity contribution in [3.8, 4) is 6.07 Å². The lowest BCUT2D eigenvalue weighted by Crippen LogP contribution is -2.50. The molecule has 0 saturated heterocycles. The van der Waals surface area contributed by atoms with E-state index in [1.54, 1.807) is 6.92 Å². The summed E-state index contributed by atoms with van der Waals surface area (Å²) in [5.74, 6) is -0.123. The molecule has 1 saturated carbocycles. The van der Waals surface area contributed by atoms with E-state index >= 15 is 0 Å². The van der Waals surface area contributed by atoms with Gasteiger partial charge in [-0.3, -0.25) is 9.59 Å². The van der Waals surface area contributed by atoms with E-state index in [1.165, 1.54) is 0 Å². The molecule has 0 aliphatic heterocycles.